The van der Waals surface area contributed by atoms with E-state index in [1.165, 1.54) is 0 Å². The molecule has 0 aliphatic heterocycles. The van der Waals surface area contributed by atoms with Crippen LogP contribution in [0.3, 0.4) is 0 Å². The summed E-state index contributed by atoms with van der Waals surface area (Å²) in [6.07, 6.45) is 0. The Morgan fingerprint density at radius 3 is 2.33 bits per heavy atom. The molecule has 0 bridgehead atoms. The van der Waals surface area contributed by atoms with E-state index in [0.717, 1.165) is 42.6 Å². The molecule has 18 heavy (non-hydrogen) atoms. The van der Waals surface area contributed by atoms with Crippen molar-refractivity contribution in [1.29, 1.82) is 0 Å². The topological polar surface area (TPSA) is 20.6 Å². The molecule has 3 nitrogen and oxygen atoms in total. The Labute approximate surface area is 116 Å². The third kappa shape index (κ3) is 4.07. The molecule has 0 aliphatic carbocycles. The number of halogens is 1. The average molecular weight is 269 g/mol. The average Bonchev–Trinajstić information content (AvgIpc) is 2.39. The molecule has 0 saturated heterocycles. The predicted molar refractivity (Wildman–Crippen MR) is 81.5 cm³/mol. The minimum Gasteiger partial charge on any atom is -0.687 e. The van der Waals surface area contributed by atoms with Gasteiger partial charge in [-0.05, 0) is 19.2 Å². The lowest BCUT2D eigenvalue weighted by molar-refractivity contribution is 0.311. The first-order valence-corrected chi connectivity index (χ1v) is 6.83. The van der Waals surface area contributed by atoms with Gasteiger partial charge >= 0.3 is 0 Å². The normalized spacial score (nSPS) is 10.8. The molecule has 0 radical (unpaired) electrons. The van der Waals surface area contributed by atoms with Gasteiger partial charge in [0.2, 0.25) is 0 Å². The van der Waals surface area contributed by atoms with Crippen LogP contribution in [-0.2, 0) is 0 Å². The second kappa shape index (κ2) is 7.49. The molecule has 0 aliphatic rings. The Hall–Kier alpha value is -0.930. The molecule has 0 aromatic heterocycles. The maximum absolute atomic E-state index is 6.27. The monoisotopic (exact) mass is 268 g/mol. The molecule has 0 saturated carbocycles. The van der Waals surface area contributed by atoms with Crippen molar-refractivity contribution in [2.24, 2.45) is 0 Å². The fourth-order valence-electron chi connectivity index (χ4n) is 1.90. The molecule has 1 aromatic carbocycles. The maximum atomic E-state index is 6.27. The van der Waals surface area contributed by atoms with Crippen LogP contribution in [0.25, 0.3) is 5.32 Å². The zero-order valence-corrected chi connectivity index (χ0v) is 12.5. The van der Waals surface area contributed by atoms with Crippen LogP contribution in [0.4, 0.5) is 11.4 Å². The van der Waals surface area contributed by atoms with Crippen LogP contribution >= 0.6 is 11.6 Å². The summed E-state index contributed by atoms with van der Waals surface area (Å²) < 4.78 is 0. The minimum absolute atomic E-state index is 0.764. The van der Waals surface area contributed by atoms with Crippen molar-refractivity contribution >= 4 is 23.0 Å². The van der Waals surface area contributed by atoms with Crippen molar-refractivity contribution in [2.45, 2.75) is 13.8 Å². The predicted octanol–water partition coefficient (Wildman–Crippen LogP) is 3.75. The van der Waals surface area contributed by atoms with Gasteiger partial charge in [-0.25, -0.2) is 0 Å². The molecule has 0 heterocycles. The van der Waals surface area contributed by atoms with Gasteiger partial charge in [-0.3, -0.25) is 0 Å². The quantitative estimate of drug-likeness (QED) is 0.751. The minimum atomic E-state index is 0.764. The lowest BCUT2D eigenvalue weighted by atomic mass is 10.2. The van der Waals surface area contributed by atoms with Gasteiger partial charge in [0.15, 0.2) is 0 Å². The number of hydrogen-bond donors (Lipinski definition) is 0. The van der Waals surface area contributed by atoms with Crippen molar-refractivity contribution < 1.29 is 0 Å². The van der Waals surface area contributed by atoms with E-state index >= 15 is 0 Å². The summed E-state index contributed by atoms with van der Waals surface area (Å²) in [6.45, 7) is 8.59. The van der Waals surface area contributed by atoms with Gasteiger partial charge in [0.05, 0.1) is 10.7 Å². The Kier molecular flexibility index (Phi) is 6.30. The molecule has 102 valence electrons. The van der Waals surface area contributed by atoms with Gasteiger partial charge < -0.3 is 15.1 Å². The summed E-state index contributed by atoms with van der Waals surface area (Å²) in [5.74, 6) is 0. The Bertz CT molecular complexity index is 364. The number of hydrogen-bond acceptors (Lipinski definition) is 2. The van der Waals surface area contributed by atoms with Crippen molar-refractivity contribution in [3.63, 3.8) is 0 Å². The standard InChI is InChI=1S/C14H23ClN3/c1-5-18(6-2)10-9-17(4)14-8-7-12(16-3)11-13(14)15/h7-8,11H,5-6,9-10H2,1-4H3/q-1. The van der Waals surface area contributed by atoms with Gasteiger partial charge in [-0.2, -0.15) is 0 Å². The molecule has 1 aromatic rings. The van der Waals surface area contributed by atoms with Gasteiger partial charge in [-0.1, -0.05) is 37.6 Å². The zero-order chi connectivity index (χ0) is 13.5. The van der Waals surface area contributed by atoms with E-state index in [9.17, 15) is 0 Å². The molecule has 4 heteroatoms. The van der Waals surface area contributed by atoms with E-state index in [4.69, 9.17) is 11.6 Å². The first kappa shape index (κ1) is 15.1. The molecular weight excluding hydrogens is 246 g/mol. The summed E-state index contributed by atoms with van der Waals surface area (Å²) in [7, 11) is 3.85. The molecule has 0 N–H and O–H groups in total. The molecular formula is C14H23ClN3-. The number of benzene rings is 1. The Balaban J connectivity index is 2.63. The van der Waals surface area contributed by atoms with E-state index in [1.807, 2.05) is 18.2 Å². The van der Waals surface area contributed by atoms with Crippen molar-refractivity contribution in [1.82, 2.24) is 4.90 Å². The fourth-order valence-corrected chi connectivity index (χ4v) is 2.22. The fraction of sp³-hybridized carbons (Fsp3) is 0.571. The molecule has 0 atom stereocenters. The van der Waals surface area contributed by atoms with E-state index in [1.54, 1.807) is 7.05 Å². The summed E-state index contributed by atoms with van der Waals surface area (Å²) in [6, 6.07) is 5.94. The lowest BCUT2D eigenvalue weighted by Gasteiger charge is -2.26. The van der Waals surface area contributed by atoms with Crippen molar-refractivity contribution in [3.8, 4) is 0 Å². The largest absolute Gasteiger partial charge is 0.687 e. The second-order valence-corrected chi connectivity index (χ2v) is 4.71. The van der Waals surface area contributed by atoms with Crippen LogP contribution in [0, 0.1) is 0 Å². The van der Waals surface area contributed by atoms with Crippen LogP contribution in [0.2, 0.25) is 5.02 Å². The number of anilines is 1. The van der Waals surface area contributed by atoms with E-state index in [0.29, 0.717) is 0 Å². The molecule has 0 amide bonds. The summed E-state index contributed by atoms with van der Waals surface area (Å²) in [5, 5.41) is 4.89. The summed E-state index contributed by atoms with van der Waals surface area (Å²) in [5.41, 5.74) is 1.98. The number of nitrogens with zero attached hydrogens (tertiary/aromatic N) is 3. The second-order valence-electron chi connectivity index (χ2n) is 4.31. The molecule has 0 fully saturated rings. The van der Waals surface area contributed by atoms with Gasteiger partial charge in [-0.15, -0.1) is 12.7 Å². The summed E-state index contributed by atoms with van der Waals surface area (Å²) in [4.78, 5) is 4.60. The van der Waals surface area contributed by atoms with Gasteiger partial charge in [0, 0.05) is 20.1 Å². The molecule has 0 unspecified atom stereocenters. The molecule has 0 spiro atoms. The Morgan fingerprint density at radius 2 is 1.83 bits per heavy atom. The van der Waals surface area contributed by atoms with Crippen LogP contribution in [0.5, 0.6) is 0 Å². The first-order chi connectivity index (χ1) is 8.62. The molecule has 1 rings (SSSR count). The van der Waals surface area contributed by atoms with Crippen LogP contribution in [0.1, 0.15) is 13.8 Å². The summed E-state index contributed by atoms with van der Waals surface area (Å²) >= 11 is 6.27. The van der Waals surface area contributed by atoms with E-state index in [2.05, 4.69) is 36.0 Å². The highest BCUT2D eigenvalue weighted by molar-refractivity contribution is 6.33. The van der Waals surface area contributed by atoms with Crippen molar-refractivity contribution in [2.75, 3.05) is 45.2 Å². The third-order valence-electron chi connectivity index (χ3n) is 3.25. The van der Waals surface area contributed by atoms with Crippen molar-refractivity contribution in [3.05, 3.63) is 28.5 Å². The SMILES string of the molecule is CCN(CC)CCN(C)c1ccc([N-]C)cc1Cl. The van der Waals surface area contributed by atoms with Crippen LogP contribution < -0.4 is 4.90 Å². The van der Waals surface area contributed by atoms with Crippen LogP contribution in [-0.4, -0.2) is 45.2 Å². The zero-order valence-electron chi connectivity index (χ0n) is 11.8. The highest BCUT2D eigenvalue weighted by Crippen LogP contribution is 2.30. The van der Waals surface area contributed by atoms with Gasteiger partial charge in [0.25, 0.3) is 0 Å². The van der Waals surface area contributed by atoms with Crippen LogP contribution in [0.15, 0.2) is 18.2 Å². The third-order valence-corrected chi connectivity index (χ3v) is 3.55. The highest BCUT2D eigenvalue weighted by atomic mass is 35.5. The number of likely N-dealkylation sites (N-methyl/N-ethyl adjacent to an activating group) is 2. The first-order valence-electron chi connectivity index (χ1n) is 6.45. The van der Waals surface area contributed by atoms with E-state index < -0.39 is 0 Å². The van der Waals surface area contributed by atoms with Gasteiger partial charge in [0.1, 0.15) is 0 Å². The highest BCUT2D eigenvalue weighted by Gasteiger charge is 2.07. The lowest BCUT2D eigenvalue weighted by Crippen LogP contribution is -2.33. The number of rotatable bonds is 7. The Morgan fingerprint density at radius 1 is 1.17 bits per heavy atom. The van der Waals surface area contributed by atoms with E-state index in [-0.39, 0.29) is 0 Å². The maximum Gasteiger partial charge on any atom is 0.0627 e. The smallest absolute Gasteiger partial charge is 0.0627 e.